The average Bonchev–Trinajstić information content (AvgIpc) is 1.62. The Balaban J connectivity index is -0.00000000286. The zero-order valence-electron chi connectivity index (χ0n) is 11.5. The third kappa shape index (κ3) is 105. The second-order valence-corrected chi connectivity index (χ2v) is 14.7. The molecule has 1 heterocycles. The molecule has 23 heavy (non-hydrogen) atoms. The Morgan fingerprint density at radius 1 is 0.304 bits per heavy atom. The van der Waals surface area contributed by atoms with Crippen molar-refractivity contribution in [3.8, 4) is 0 Å². The van der Waals surface area contributed by atoms with Gasteiger partial charge in [0, 0.05) is 78.6 Å². The maximum Gasteiger partial charge on any atom is 3.00 e. The molecule has 1 rings (SSSR count). The van der Waals surface area contributed by atoms with Crippen molar-refractivity contribution in [2.45, 2.75) is 0 Å². The van der Waals surface area contributed by atoms with Gasteiger partial charge in [-0.15, -0.1) is 0 Å². The van der Waals surface area contributed by atoms with Crippen LogP contribution < -0.4 is 0 Å². The van der Waals surface area contributed by atoms with E-state index in [0.717, 1.165) is 0 Å². The Morgan fingerprint density at radius 2 is 0.348 bits per heavy atom. The normalized spacial score (nSPS) is 8.35. The van der Waals surface area contributed by atoms with Crippen LogP contribution in [0.25, 0.3) is 0 Å². The van der Waals surface area contributed by atoms with E-state index in [9.17, 15) is 0 Å². The van der Waals surface area contributed by atoms with Gasteiger partial charge in [-0.2, -0.15) is 13.5 Å². The molecule has 0 unspecified atom stereocenters. The quantitative estimate of drug-likeness (QED) is 0.187. The van der Waals surface area contributed by atoms with Crippen molar-refractivity contribution in [3.05, 3.63) is 0 Å². The molecule has 0 aliphatic carbocycles. The van der Waals surface area contributed by atoms with Crippen LogP contribution in [0.2, 0.25) is 0 Å². The van der Waals surface area contributed by atoms with Gasteiger partial charge in [0.2, 0.25) is 0 Å². The summed E-state index contributed by atoms with van der Waals surface area (Å²) in [5.41, 5.74) is 0. The van der Waals surface area contributed by atoms with Gasteiger partial charge in [-0.05, 0) is 0 Å². The molecule has 0 spiro atoms. The van der Waals surface area contributed by atoms with Crippen LogP contribution >= 0.6 is 92.1 Å². The zero-order chi connectivity index (χ0) is 5.66. The molecule has 0 aromatic rings. The minimum absolute atomic E-state index is 0. The van der Waals surface area contributed by atoms with E-state index in [1.807, 2.05) is 78.6 Å². The summed E-state index contributed by atoms with van der Waals surface area (Å²) in [6, 6.07) is 0. The summed E-state index contributed by atoms with van der Waals surface area (Å²) in [4.78, 5) is 0. The van der Waals surface area contributed by atoms with Crippen LogP contribution in [-0.2, 0) is 34.1 Å². The third-order valence-electron chi connectivity index (χ3n) is 0.222. The molecule has 0 atom stereocenters. The first-order valence-corrected chi connectivity index (χ1v) is 12.0. The van der Waals surface area contributed by atoms with Gasteiger partial charge in [-0.3, -0.25) is 0 Å². The molecule has 0 bridgehead atoms. The SMILES string of the molecule is O.O.O.O.O.O.O.O.O.O.O.O.S.S1SSSSSSS1.[Fe+2].[Fe+3].[H+]. The molecule has 163 valence electrons. The Morgan fingerprint density at radius 3 is 0.391 bits per heavy atom. The van der Waals surface area contributed by atoms with E-state index in [2.05, 4.69) is 0 Å². The van der Waals surface area contributed by atoms with Crippen molar-refractivity contribution in [1.82, 2.24) is 0 Å². The van der Waals surface area contributed by atoms with Crippen molar-refractivity contribution < 1.29 is 101 Å². The number of rotatable bonds is 0. The molecule has 1 aliphatic heterocycles. The predicted molar refractivity (Wildman–Crippen MR) is 116 cm³/mol. The fraction of sp³-hybridized carbons (Fsp3) is 0. The molecule has 23 heteroatoms. The molecule has 1 aliphatic rings. The maximum atomic E-state index is 1.83. The van der Waals surface area contributed by atoms with Crippen LogP contribution in [-0.4, -0.2) is 65.7 Å². The molecule has 0 aromatic heterocycles. The first kappa shape index (κ1) is 129. The zero-order valence-corrected chi connectivity index (χ0v) is 20.2. The molecule has 0 amide bonds. The Kier molecular flexibility index (Phi) is 641. The van der Waals surface area contributed by atoms with Gasteiger partial charge in [0.1, 0.15) is 0 Å². The van der Waals surface area contributed by atoms with Crippen LogP contribution in [0.1, 0.15) is 1.43 Å². The molecule has 24 N–H and O–H groups in total. The molecular formula is H27Fe2O12S9+6. The van der Waals surface area contributed by atoms with E-state index < -0.39 is 0 Å². The van der Waals surface area contributed by atoms with Gasteiger partial charge in [0.05, 0.1) is 0 Å². The number of hydrogen-bond acceptors (Lipinski definition) is 8. The van der Waals surface area contributed by atoms with Crippen molar-refractivity contribution in [2.24, 2.45) is 0 Å². The molecule has 1 fully saturated rings. The minimum atomic E-state index is 0. The molecule has 1 saturated heterocycles. The maximum absolute atomic E-state index is 1.83. The number of hydrogen-bond donors (Lipinski definition) is 0. The van der Waals surface area contributed by atoms with Gasteiger partial charge >= 0.3 is 35.6 Å². The van der Waals surface area contributed by atoms with E-state index in [1.54, 1.807) is 0 Å². The second kappa shape index (κ2) is 114. The summed E-state index contributed by atoms with van der Waals surface area (Å²) >= 11 is 0. The third-order valence-corrected chi connectivity index (χ3v) is 18.0. The molecular weight excluding hydrogens is 592 g/mol. The van der Waals surface area contributed by atoms with Gasteiger partial charge in [0.15, 0.2) is 0 Å². The van der Waals surface area contributed by atoms with E-state index in [-0.39, 0.29) is 115 Å². The molecule has 0 aromatic carbocycles. The van der Waals surface area contributed by atoms with Crippen LogP contribution in [0, 0.1) is 0 Å². The Labute approximate surface area is 191 Å². The second-order valence-electron chi connectivity index (χ2n) is 0.544. The van der Waals surface area contributed by atoms with Gasteiger partial charge in [-0.1, -0.05) is 0 Å². The fourth-order valence-electron chi connectivity index (χ4n) is 0.0907. The smallest absolute Gasteiger partial charge is 0.412 e. The van der Waals surface area contributed by atoms with E-state index >= 15 is 0 Å². The minimum Gasteiger partial charge on any atom is -0.412 e. The standard InChI is InChI=1S/2Fe.12H2O.S8.H2S/c;;;;;;;;;;;;;;1-2-4-6-8-7-5-3-1;/h;;12*1H2;;1H2/q+2;+3;;;;;;;;;;;;;;/p+1. The predicted octanol–water partition coefficient (Wildman–Crippen LogP) is -4.49. The van der Waals surface area contributed by atoms with E-state index in [0.29, 0.717) is 0 Å². The van der Waals surface area contributed by atoms with E-state index in [4.69, 9.17) is 0 Å². The molecule has 0 saturated carbocycles. The summed E-state index contributed by atoms with van der Waals surface area (Å²) in [7, 11) is 14.7. The van der Waals surface area contributed by atoms with E-state index in [1.165, 1.54) is 0 Å². The summed E-state index contributed by atoms with van der Waals surface area (Å²) in [6.07, 6.45) is 0. The summed E-state index contributed by atoms with van der Waals surface area (Å²) in [5.74, 6) is 0. The summed E-state index contributed by atoms with van der Waals surface area (Å²) < 4.78 is 0. The monoisotopic (exact) mass is 619 g/mol. The molecule has 12 nitrogen and oxygen atoms in total. The fourth-order valence-corrected chi connectivity index (χ4v) is 22.0. The topological polar surface area (TPSA) is 378 Å². The van der Waals surface area contributed by atoms with Crippen LogP contribution in [0.4, 0.5) is 0 Å². The largest absolute Gasteiger partial charge is 3.00 e. The average molecular weight is 619 g/mol. The molecule has 1 radical (unpaired) electrons. The van der Waals surface area contributed by atoms with Gasteiger partial charge in [0.25, 0.3) is 0 Å². The van der Waals surface area contributed by atoms with Crippen molar-refractivity contribution in [2.75, 3.05) is 0 Å². The summed E-state index contributed by atoms with van der Waals surface area (Å²) in [6.45, 7) is 0. The first-order chi connectivity index (χ1) is 4.00. The van der Waals surface area contributed by atoms with Crippen molar-refractivity contribution in [3.63, 3.8) is 0 Å². The van der Waals surface area contributed by atoms with Crippen molar-refractivity contribution in [1.29, 1.82) is 0 Å². The van der Waals surface area contributed by atoms with Gasteiger partial charge in [-0.25, -0.2) is 0 Å². The Bertz CT molecular complexity index is 60.5. The van der Waals surface area contributed by atoms with Crippen LogP contribution in [0.5, 0.6) is 0 Å². The first-order valence-electron chi connectivity index (χ1n) is 1.33. The van der Waals surface area contributed by atoms with Crippen molar-refractivity contribution >= 4 is 92.1 Å². The van der Waals surface area contributed by atoms with Crippen LogP contribution in [0.15, 0.2) is 0 Å². The van der Waals surface area contributed by atoms with Crippen LogP contribution in [0.3, 0.4) is 0 Å². The summed E-state index contributed by atoms with van der Waals surface area (Å²) in [5, 5.41) is 0. The Hall–Kier alpha value is 3.71. The van der Waals surface area contributed by atoms with Gasteiger partial charge < -0.3 is 65.7 Å².